The number of halogens is 3. The smallest absolute Gasteiger partial charge is 0.246 e. The first kappa shape index (κ1) is 62.6. The fourth-order valence-corrected chi connectivity index (χ4v) is 10.1. The molecule has 25 heteroatoms. The number of thiazole rings is 1. The van der Waals surface area contributed by atoms with Crippen LogP contribution in [0.15, 0.2) is 60.4 Å². The predicted molar refractivity (Wildman–Crippen MR) is 303 cm³/mol. The molecule has 4 amide bonds. The van der Waals surface area contributed by atoms with E-state index in [2.05, 4.69) is 30.9 Å². The number of rotatable bonds is 30. The first-order valence-corrected chi connectivity index (χ1v) is 28.4. The Morgan fingerprint density at radius 1 is 0.815 bits per heavy atom. The standard InChI is InChI=1S/C56H71Cl2FN8O13S/c1-56(2,3)51(55(72)67-32-37(68)28-43(67)53(71)60-31-35-6-8-36(9-7-35)50-54(74-5)63-34-81-50)65-46(69)14-18-75-20-22-77-24-26-79-27-25-78-23-21-76-19-15-47(70)66-16-12-38(13-17-66)80-45-29-39-42(30-44(45)73-4)61-33-62-52(39)64-41-11-10-40(57)48(58)49(41)59/h6-11,29-30,33-34,37-38,43,51,68H,12-28,31-32H2,1-5H3,(H,60,71)(H,65,69)(H,61,62,64)/t37-,43+,51-/m1/s1. The molecule has 7 rings (SSSR count). The summed E-state index contributed by atoms with van der Waals surface area (Å²) in [5.41, 5.74) is 3.45. The van der Waals surface area contributed by atoms with Crippen LogP contribution in [0, 0.1) is 11.2 Å². The van der Waals surface area contributed by atoms with E-state index < -0.39 is 41.2 Å². The molecule has 2 aromatic heterocycles. The number of hydrogen-bond donors (Lipinski definition) is 4. The number of β-amino-alcohol motifs (C(OH)–C–C–N with tert-alkyl or cyclic N) is 1. The molecule has 2 fully saturated rings. The van der Waals surface area contributed by atoms with Crippen molar-refractivity contribution >= 4 is 80.6 Å². The molecule has 0 unspecified atom stereocenters. The number of carbonyl (C=O) groups excluding carboxylic acids is 4. The average molecular weight is 1190 g/mol. The van der Waals surface area contributed by atoms with Gasteiger partial charge in [0.25, 0.3) is 0 Å². The molecule has 4 N–H and O–H groups in total. The lowest BCUT2D eigenvalue weighted by molar-refractivity contribution is -0.144. The minimum absolute atomic E-state index is 0.00449. The number of methoxy groups -OCH3 is 2. The fourth-order valence-electron chi connectivity index (χ4n) is 9.04. The molecule has 0 bridgehead atoms. The van der Waals surface area contributed by atoms with Crippen molar-refractivity contribution in [3.8, 4) is 27.8 Å². The van der Waals surface area contributed by atoms with Crippen LogP contribution in [-0.4, -0.2) is 178 Å². The van der Waals surface area contributed by atoms with Gasteiger partial charge in [0.2, 0.25) is 29.5 Å². The van der Waals surface area contributed by atoms with Crippen molar-refractivity contribution in [2.45, 2.75) is 83.7 Å². The van der Waals surface area contributed by atoms with Crippen molar-refractivity contribution in [2.75, 3.05) is 105 Å². The summed E-state index contributed by atoms with van der Waals surface area (Å²) in [4.78, 5) is 70.4. The second-order valence-electron chi connectivity index (χ2n) is 20.2. The molecule has 2 aliphatic rings. The molecule has 2 aliphatic heterocycles. The molecular weight excluding hydrogens is 1110 g/mol. The maximum absolute atomic E-state index is 14.9. The van der Waals surface area contributed by atoms with E-state index in [9.17, 15) is 28.7 Å². The van der Waals surface area contributed by atoms with Gasteiger partial charge in [0.15, 0.2) is 17.3 Å². The summed E-state index contributed by atoms with van der Waals surface area (Å²) >= 11 is 13.5. The van der Waals surface area contributed by atoms with Gasteiger partial charge in [-0.25, -0.2) is 19.3 Å². The van der Waals surface area contributed by atoms with Crippen LogP contribution in [0.3, 0.4) is 0 Å². The first-order chi connectivity index (χ1) is 39.0. The van der Waals surface area contributed by atoms with Crippen LogP contribution in [0.5, 0.6) is 17.4 Å². The summed E-state index contributed by atoms with van der Waals surface area (Å²) in [6.45, 7) is 9.72. The molecule has 0 saturated carbocycles. The van der Waals surface area contributed by atoms with Gasteiger partial charge in [-0.2, -0.15) is 0 Å². The van der Waals surface area contributed by atoms with E-state index in [1.807, 2.05) is 45.0 Å². The number of anilines is 2. The molecule has 3 atom stereocenters. The van der Waals surface area contributed by atoms with Crippen molar-refractivity contribution in [3.63, 3.8) is 0 Å². The van der Waals surface area contributed by atoms with E-state index in [1.54, 1.807) is 29.7 Å². The van der Waals surface area contributed by atoms with Crippen molar-refractivity contribution in [2.24, 2.45) is 5.41 Å². The summed E-state index contributed by atoms with van der Waals surface area (Å²) in [6.07, 6.45) is 1.82. The van der Waals surface area contributed by atoms with Crippen molar-refractivity contribution in [3.05, 3.63) is 81.8 Å². The number of aliphatic hydroxyl groups excluding tert-OH is 1. The molecule has 21 nitrogen and oxygen atoms in total. The van der Waals surface area contributed by atoms with Gasteiger partial charge in [0, 0.05) is 63.3 Å². The number of ether oxygens (including phenoxy) is 8. The number of fused-ring (bicyclic) bond motifs is 1. The average Bonchev–Trinajstić information content (AvgIpc) is 4.12. The zero-order chi connectivity index (χ0) is 57.9. The summed E-state index contributed by atoms with van der Waals surface area (Å²) in [6, 6.07) is 12.2. The number of likely N-dealkylation sites (tertiary alicyclic amines) is 2. The quantitative estimate of drug-likeness (QED) is 0.0267. The zero-order valence-electron chi connectivity index (χ0n) is 46.1. The van der Waals surface area contributed by atoms with Gasteiger partial charge >= 0.3 is 0 Å². The molecule has 0 spiro atoms. The second kappa shape index (κ2) is 30.9. The van der Waals surface area contributed by atoms with Crippen LogP contribution in [-0.2, 0) is 49.4 Å². The fraction of sp³-hybridized carbons (Fsp3) is 0.518. The minimum atomic E-state index is -0.954. The topological polar surface area (TPSA) is 244 Å². The van der Waals surface area contributed by atoms with E-state index in [4.69, 9.17) is 61.1 Å². The normalized spacial score (nSPS) is 16.1. The number of carbonyl (C=O) groups is 4. The highest BCUT2D eigenvalue weighted by Crippen LogP contribution is 2.38. The minimum Gasteiger partial charge on any atom is -0.493 e. The summed E-state index contributed by atoms with van der Waals surface area (Å²) in [5.74, 6) is -0.111. The Bertz CT molecular complexity index is 2880. The number of hydrogen-bond acceptors (Lipinski definition) is 18. The molecule has 440 valence electrons. The highest BCUT2D eigenvalue weighted by molar-refractivity contribution is 7.13. The molecule has 3 aromatic carbocycles. The van der Waals surface area contributed by atoms with Crippen molar-refractivity contribution in [1.29, 1.82) is 0 Å². The molecular formula is C56H71Cl2FN8O13S. The number of piperidine rings is 1. The predicted octanol–water partition coefficient (Wildman–Crippen LogP) is 7.00. The Morgan fingerprint density at radius 3 is 2.09 bits per heavy atom. The molecule has 0 aliphatic carbocycles. The van der Waals surface area contributed by atoms with Crippen LogP contribution in [0.25, 0.3) is 21.3 Å². The van der Waals surface area contributed by atoms with Gasteiger partial charge in [-0.05, 0) is 34.7 Å². The molecule has 2 saturated heterocycles. The van der Waals surface area contributed by atoms with Crippen molar-refractivity contribution < 1.29 is 66.6 Å². The Labute approximate surface area is 484 Å². The van der Waals surface area contributed by atoms with Crippen LogP contribution in [0.2, 0.25) is 10.0 Å². The molecule has 0 radical (unpaired) electrons. The van der Waals surface area contributed by atoms with Crippen LogP contribution in [0.1, 0.15) is 58.4 Å². The monoisotopic (exact) mass is 1180 g/mol. The van der Waals surface area contributed by atoms with Crippen LogP contribution < -0.4 is 30.2 Å². The Hall–Kier alpha value is -6.02. The van der Waals surface area contributed by atoms with Crippen LogP contribution in [0.4, 0.5) is 15.9 Å². The lowest BCUT2D eigenvalue weighted by atomic mass is 9.85. The Balaban J connectivity index is 0.686. The summed E-state index contributed by atoms with van der Waals surface area (Å²) in [5, 5.41) is 19.8. The number of nitrogens with one attached hydrogen (secondary N) is 3. The van der Waals surface area contributed by atoms with Gasteiger partial charge in [-0.3, -0.25) is 19.2 Å². The number of nitrogens with zero attached hydrogens (tertiary/aromatic N) is 5. The van der Waals surface area contributed by atoms with Crippen LogP contribution >= 0.6 is 34.5 Å². The van der Waals surface area contributed by atoms with Gasteiger partial charge in [-0.1, -0.05) is 68.2 Å². The lowest BCUT2D eigenvalue weighted by Crippen LogP contribution is -2.57. The summed E-state index contributed by atoms with van der Waals surface area (Å²) in [7, 11) is 3.11. The Kier molecular flexibility index (Phi) is 23.8. The maximum Gasteiger partial charge on any atom is 0.246 e. The Morgan fingerprint density at radius 2 is 1.46 bits per heavy atom. The third kappa shape index (κ3) is 18.0. The largest absolute Gasteiger partial charge is 0.493 e. The first-order valence-electron chi connectivity index (χ1n) is 26.7. The molecule has 4 heterocycles. The SMILES string of the molecule is COc1cc2ncnc(Nc3ccc(Cl)c(Cl)c3F)c2cc1OC1CCN(C(=O)CCOCCOCCOCCOCCOCCC(=O)N[C@H](C(=O)N2C[C@H](O)C[C@H]2C(=O)NCc2ccc(-c3scnc3OC)cc2)C(C)(C)C)CC1. The number of aliphatic hydroxyl groups is 1. The van der Waals surface area contributed by atoms with Gasteiger partial charge < -0.3 is 68.8 Å². The van der Waals surface area contributed by atoms with E-state index >= 15 is 0 Å². The molecule has 81 heavy (non-hydrogen) atoms. The third-order valence-corrected chi connectivity index (χ3v) is 15.1. The maximum atomic E-state index is 14.9. The van der Waals surface area contributed by atoms with E-state index in [0.29, 0.717) is 106 Å². The third-order valence-electron chi connectivity index (χ3n) is 13.4. The van der Waals surface area contributed by atoms with Gasteiger partial charge in [-0.15, -0.1) is 11.3 Å². The van der Waals surface area contributed by atoms with Crippen molar-refractivity contribution in [1.82, 2.24) is 35.4 Å². The van der Waals surface area contributed by atoms with E-state index in [0.717, 1.165) is 16.0 Å². The number of benzene rings is 3. The highest BCUT2D eigenvalue weighted by atomic mass is 35.5. The van der Waals surface area contributed by atoms with E-state index in [-0.39, 0.29) is 85.8 Å². The zero-order valence-corrected chi connectivity index (χ0v) is 48.5. The lowest BCUT2D eigenvalue weighted by Gasteiger charge is -2.35. The van der Waals surface area contributed by atoms with E-state index in [1.165, 1.54) is 41.8 Å². The number of aromatic nitrogens is 3. The second-order valence-corrected chi connectivity index (χ2v) is 21.9. The molecule has 5 aromatic rings. The highest BCUT2D eigenvalue weighted by Gasteiger charge is 2.44. The van der Waals surface area contributed by atoms with Gasteiger partial charge in [0.05, 0.1) is 124 Å². The summed E-state index contributed by atoms with van der Waals surface area (Å²) < 4.78 is 60.2. The number of amides is 4. The van der Waals surface area contributed by atoms with Gasteiger partial charge in [0.1, 0.15) is 30.3 Å².